The van der Waals surface area contributed by atoms with Gasteiger partial charge in [0.05, 0.1) is 5.41 Å². The van der Waals surface area contributed by atoms with Crippen molar-refractivity contribution >= 4 is 0 Å². The number of hydrogen-bond donors (Lipinski definition) is 0. The van der Waals surface area contributed by atoms with E-state index in [1.54, 1.807) is 0 Å². The second kappa shape index (κ2) is 8.35. The summed E-state index contributed by atoms with van der Waals surface area (Å²) in [5.41, 5.74) is 12.9. The van der Waals surface area contributed by atoms with Gasteiger partial charge in [-0.1, -0.05) is 142 Å². The van der Waals surface area contributed by atoms with E-state index in [9.17, 15) is 0 Å². The molecular formula is C36H32. The van der Waals surface area contributed by atoms with Crippen LogP contribution in [0.5, 0.6) is 0 Å². The van der Waals surface area contributed by atoms with Crippen molar-refractivity contribution in [3.8, 4) is 22.3 Å². The standard InChI is InChI=1S/C36H32/c1-25-15-17-26(18-16-25)27-19-21-31-32-22-20-30(35(2,3)4)24-34(32)36(33(31)23-27,28-11-7-5-8-12-28)29-13-9-6-10-14-29/h5-24H,1-4H3. The fourth-order valence-electron chi connectivity index (χ4n) is 5.88. The van der Waals surface area contributed by atoms with E-state index in [2.05, 4.69) is 149 Å². The Hall–Kier alpha value is -3.90. The molecule has 6 rings (SSSR count). The first-order valence-corrected chi connectivity index (χ1v) is 12.9. The molecule has 0 radical (unpaired) electrons. The zero-order chi connectivity index (χ0) is 24.9. The van der Waals surface area contributed by atoms with Gasteiger partial charge >= 0.3 is 0 Å². The highest BCUT2D eigenvalue weighted by atomic mass is 14.5. The first-order chi connectivity index (χ1) is 17.4. The van der Waals surface area contributed by atoms with Gasteiger partial charge < -0.3 is 0 Å². The van der Waals surface area contributed by atoms with Crippen LogP contribution in [0.4, 0.5) is 0 Å². The van der Waals surface area contributed by atoms with Crippen LogP contribution in [0.3, 0.4) is 0 Å². The molecular weight excluding hydrogens is 432 g/mol. The van der Waals surface area contributed by atoms with Crippen molar-refractivity contribution in [2.45, 2.75) is 38.5 Å². The molecule has 0 saturated heterocycles. The first kappa shape index (κ1) is 22.6. The third-order valence-corrected chi connectivity index (χ3v) is 7.80. The van der Waals surface area contributed by atoms with Gasteiger partial charge in [0.2, 0.25) is 0 Å². The molecule has 0 unspecified atom stereocenters. The minimum Gasteiger partial charge on any atom is -0.0622 e. The Morgan fingerprint density at radius 1 is 0.500 bits per heavy atom. The second-order valence-corrected chi connectivity index (χ2v) is 11.1. The van der Waals surface area contributed by atoms with Crippen LogP contribution in [0, 0.1) is 6.92 Å². The fourth-order valence-corrected chi connectivity index (χ4v) is 5.88. The van der Waals surface area contributed by atoms with Crippen molar-refractivity contribution in [2.24, 2.45) is 0 Å². The van der Waals surface area contributed by atoms with Gasteiger partial charge in [0.15, 0.2) is 0 Å². The Bertz CT molecular complexity index is 1490. The molecule has 0 heterocycles. The topological polar surface area (TPSA) is 0 Å². The summed E-state index contributed by atoms with van der Waals surface area (Å²) in [5, 5.41) is 0. The molecule has 0 fully saturated rings. The van der Waals surface area contributed by atoms with Gasteiger partial charge in [0, 0.05) is 0 Å². The van der Waals surface area contributed by atoms with Gasteiger partial charge in [0.25, 0.3) is 0 Å². The summed E-state index contributed by atoms with van der Waals surface area (Å²) in [6.07, 6.45) is 0. The highest BCUT2D eigenvalue weighted by Gasteiger charge is 2.46. The molecule has 0 atom stereocenters. The number of hydrogen-bond acceptors (Lipinski definition) is 0. The third-order valence-electron chi connectivity index (χ3n) is 7.80. The lowest BCUT2D eigenvalue weighted by molar-refractivity contribution is 0.588. The lowest BCUT2D eigenvalue weighted by atomic mass is 9.67. The van der Waals surface area contributed by atoms with E-state index < -0.39 is 0 Å². The van der Waals surface area contributed by atoms with Gasteiger partial charge in [-0.05, 0) is 68.5 Å². The van der Waals surface area contributed by atoms with E-state index in [-0.39, 0.29) is 10.8 Å². The summed E-state index contributed by atoms with van der Waals surface area (Å²) >= 11 is 0. The molecule has 0 heteroatoms. The zero-order valence-corrected chi connectivity index (χ0v) is 21.5. The van der Waals surface area contributed by atoms with Gasteiger partial charge in [-0.2, -0.15) is 0 Å². The van der Waals surface area contributed by atoms with E-state index in [0.29, 0.717) is 0 Å². The smallest absolute Gasteiger partial charge is 0.0622 e. The van der Waals surface area contributed by atoms with Crippen LogP contribution in [-0.4, -0.2) is 0 Å². The lowest BCUT2D eigenvalue weighted by Crippen LogP contribution is -2.29. The third kappa shape index (κ3) is 3.44. The monoisotopic (exact) mass is 464 g/mol. The Balaban J connectivity index is 1.73. The van der Waals surface area contributed by atoms with Crippen LogP contribution in [0.25, 0.3) is 22.3 Å². The van der Waals surface area contributed by atoms with Crippen molar-refractivity contribution in [1.82, 2.24) is 0 Å². The molecule has 0 aromatic heterocycles. The van der Waals surface area contributed by atoms with Crippen LogP contribution in [-0.2, 0) is 10.8 Å². The van der Waals surface area contributed by atoms with Crippen molar-refractivity contribution in [3.63, 3.8) is 0 Å². The maximum atomic E-state index is 2.47. The van der Waals surface area contributed by atoms with E-state index in [1.807, 2.05) is 0 Å². The van der Waals surface area contributed by atoms with Crippen LogP contribution in [0.15, 0.2) is 121 Å². The average Bonchev–Trinajstić information content (AvgIpc) is 3.19. The Morgan fingerprint density at radius 2 is 1.00 bits per heavy atom. The van der Waals surface area contributed by atoms with Crippen molar-refractivity contribution in [3.05, 3.63) is 155 Å². The van der Waals surface area contributed by atoms with E-state index in [0.717, 1.165) is 0 Å². The summed E-state index contributed by atoms with van der Waals surface area (Å²) in [6.45, 7) is 9.06. The van der Waals surface area contributed by atoms with Crippen molar-refractivity contribution < 1.29 is 0 Å². The van der Waals surface area contributed by atoms with Crippen LogP contribution in [0.1, 0.15) is 54.2 Å². The molecule has 0 amide bonds. The molecule has 5 aromatic rings. The zero-order valence-electron chi connectivity index (χ0n) is 21.5. The van der Waals surface area contributed by atoms with Crippen LogP contribution < -0.4 is 0 Å². The predicted molar refractivity (Wildman–Crippen MR) is 153 cm³/mol. The van der Waals surface area contributed by atoms with Gasteiger partial charge in [-0.15, -0.1) is 0 Å². The summed E-state index contributed by atoms with van der Waals surface area (Å²) < 4.78 is 0. The molecule has 0 nitrogen and oxygen atoms in total. The molecule has 0 saturated carbocycles. The van der Waals surface area contributed by atoms with Crippen LogP contribution >= 0.6 is 0 Å². The van der Waals surface area contributed by atoms with Crippen LogP contribution in [0.2, 0.25) is 0 Å². The van der Waals surface area contributed by atoms with Gasteiger partial charge in [0.1, 0.15) is 0 Å². The highest BCUT2D eigenvalue weighted by Crippen LogP contribution is 2.57. The number of rotatable bonds is 3. The predicted octanol–water partition coefficient (Wildman–Crippen LogP) is 9.32. The van der Waals surface area contributed by atoms with E-state index in [1.165, 1.54) is 55.6 Å². The Morgan fingerprint density at radius 3 is 1.56 bits per heavy atom. The molecule has 1 aliphatic rings. The quantitative estimate of drug-likeness (QED) is 0.245. The molecule has 5 aromatic carbocycles. The summed E-state index contributed by atoms with van der Waals surface area (Å²) in [4.78, 5) is 0. The molecule has 0 bridgehead atoms. The molecule has 0 N–H and O–H groups in total. The van der Waals surface area contributed by atoms with E-state index in [4.69, 9.17) is 0 Å². The SMILES string of the molecule is Cc1ccc(-c2ccc3c(c2)C(c2ccccc2)(c2ccccc2)c2cc(C(C)(C)C)ccc2-3)cc1. The minimum absolute atomic E-state index is 0.0655. The molecule has 0 spiro atoms. The van der Waals surface area contributed by atoms with Gasteiger partial charge in [-0.25, -0.2) is 0 Å². The molecule has 0 aliphatic heterocycles. The van der Waals surface area contributed by atoms with Crippen molar-refractivity contribution in [2.75, 3.05) is 0 Å². The largest absolute Gasteiger partial charge is 0.0713 e. The summed E-state index contributed by atoms with van der Waals surface area (Å²) in [5.74, 6) is 0. The van der Waals surface area contributed by atoms with Crippen molar-refractivity contribution in [1.29, 1.82) is 0 Å². The summed E-state index contributed by atoms with van der Waals surface area (Å²) in [7, 11) is 0. The maximum absolute atomic E-state index is 2.47. The highest BCUT2D eigenvalue weighted by molar-refractivity contribution is 5.88. The van der Waals surface area contributed by atoms with Gasteiger partial charge in [-0.3, -0.25) is 0 Å². The molecule has 36 heavy (non-hydrogen) atoms. The Kier molecular flexibility index (Phi) is 5.23. The molecule has 176 valence electrons. The molecule has 1 aliphatic carbocycles. The van der Waals surface area contributed by atoms with E-state index >= 15 is 0 Å². The average molecular weight is 465 g/mol. The maximum Gasteiger partial charge on any atom is 0.0713 e. The number of benzene rings is 5. The fraction of sp³-hybridized carbons (Fsp3) is 0.167. The minimum atomic E-state index is -0.380. The number of aryl methyl sites for hydroxylation is 1. The normalized spacial score (nSPS) is 13.8. The first-order valence-electron chi connectivity index (χ1n) is 12.9. The number of fused-ring (bicyclic) bond motifs is 3. The second-order valence-electron chi connectivity index (χ2n) is 11.1. The lowest BCUT2D eigenvalue weighted by Gasteiger charge is -2.35. The Labute approximate surface area is 215 Å². The summed E-state index contributed by atoms with van der Waals surface area (Å²) in [6, 6.07) is 45.2.